The highest BCUT2D eigenvalue weighted by molar-refractivity contribution is 5.56. The van der Waals surface area contributed by atoms with Gasteiger partial charge >= 0.3 is 0 Å². The quantitative estimate of drug-likeness (QED) is 0.847. The van der Waals surface area contributed by atoms with Gasteiger partial charge in [-0.15, -0.1) is 5.10 Å². The molecule has 0 atom stereocenters. The van der Waals surface area contributed by atoms with Crippen LogP contribution in [-0.4, -0.2) is 21.7 Å². The molecule has 2 N–H and O–H groups in total. The van der Waals surface area contributed by atoms with E-state index in [2.05, 4.69) is 39.7 Å². The van der Waals surface area contributed by atoms with Crippen molar-refractivity contribution in [3.8, 4) is 0 Å². The van der Waals surface area contributed by atoms with E-state index in [1.54, 1.807) is 18.2 Å². The molecular formula is C14H18FN5. The van der Waals surface area contributed by atoms with Crippen LogP contribution in [0.1, 0.15) is 20.3 Å². The Hall–Kier alpha value is -2.24. The van der Waals surface area contributed by atoms with Gasteiger partial charge in [-0.1, -0.05) is 26.0 Å². The van der Waals surface area contributed by atoms with Crippen LogP contribution in [0.2, 0.25) is 0 Å². The lowest BCUT2D eigenvalue weighted by Crippen LogP contribution is -2.09. The van der Waals surface area contributed by atoms with Crippen LogP contribution in [0.4, 0.5) is 21.8 Å². The van der Waals surface area contributed by atoms with Crippen LogP contribution in [0.25, 0.3) is 0 Å². The zero-order valence-electron chi connectivity index (χ0n) is 11.6. The van der Waals surface area contributed by atoms with Crippen LogP contribution in [-0.2, 0) is 0 Å². The number of anilines is 3. The van der Waals surface area contributed by atoms with Crippen molar-refractivity contribution in [3.63, 3.8) is 0 Å². The summed E-state index contributed by atoms with van der Waals surface area (Å²) in [5.41, 5.74) is 0.362. The third kappa shape index (κ3) is 4.15. The van der Waals surface area contributed by atoms with E-state index in [4.69, 9.17) is 0 Å². The van der Waals surface area contributed by atoms with Crippen LogP contribution in [0.15, 0.2) is 30.5 Å². The second-order valence-electron chi connectivity index (χ2n) is 4.88. The number of rotatable bonds is 6. The summed E-state index contributed by atoms with van der Waals surface area (Å²) in [5.74, 6) is 1.17. The van der Waals surface area contributed by atoms with Gasteiger partial charge in [0, 0.05) is 6.54 Å². The minimum atomic E-state index is -0.333. The maximum Gasteiger partial charge on any atom is 0.244 e. The molecule has 0 bridgehead atoms. The number of nitrogens with zero attached hydrogens (tertiary/aromatic N) is 3. The van der Waals surface area contributed by atoms with Gasteiger partial charge in [0.2, 0.25) is 5.95 Å². The summed E-state index contributed by atoms with van der Waals surface area (Å²) in [5, 5.41) is 13.7. The molecule has 6 heteroatoms. The predicted molar refractivity (Wildman–Crippen MR) is 77.5 cm³/mol. The monoisotopic (exact) mass is 275 g/mol. The molecule has 0 aliphatic carbocycles. The summed E-state index contributed by atoms with van der Waals surface area (Å²) in [4.78, 5) is 4.24. The van der Waals surface area contributed by atoms with Gasteiger partial charge in [0.05, 0.1) is 11.9 Å². The van der Waals surface area contributed by atoms with E-state index in [0.717, 1.165) is 13.0 Å². The van der Waals surface area contributed by atoms with Crippen LogP contribution < -0.4 is 10.6 Å². The van der Waals surface area contributed by atoms with Crippen LogP contribution in [0, 0.1) is 11.7 Å². The molecule has 0 fully saturated rings. The molecule has 20 heavy (non-hydrogen) atoms. The fraction of sp³-hybridized carbons (Fsp3) is 0.357. The first-order valence-electron chi connectivity index (χ1n) is 6.60. The second kappa shape index (κ2) is 6.79. The summed E-state index contributed by atoms with van der Waals surface area (Å²) in [6.45, 7) is 5.08. The molecule has 1 aromatic heterocycles. The number of hydrogen-bond donors (Lipinski definition) is 2. The molecule has 1 aromatic carbocycles. The van der Waals surface area contributed by atoms with Crippen LogP contribution in [0.5, 0.6) is 0 Å². The van der Waals surface area contributed by atoms with E-state index >= 15 is 0 Å². The molecule has 0 saturated heterocycles. The van der Waals surface area contributed by atoms with Crippen LogP contribution >= 0.6 is 0 Å². The van der Waals surface area contributed by atoms with Gasteiger partial charge < -0.3 is 10.6 Å². The van der Waals surface area contributed by atoms with Crippen LogP contribution in [0.3, 0.4) is 0 Å². The summed E-state index contributed by atoms with van der Waals surface area (Å²) in [6, 6.07) is 6.42. The number of para-hydroxylation sites is 1. The number of benzene rings is 1. The van der Waals surface area contributed by atoms with Crippen molar-refractivity contribution < 1.29 is 4.39 Å². The van der Waals surface area contributed by atoms with E-state index in [1.165, 1.54) is 12.3 Å². The van der Waals surface area contributed by atoms with Gasteiger partial charge in [0.25, 0.3) is 0 Å². The first-order chi connectivity index (χ1) is 9.65. The van der Waals surface area contributed by atoms with E-state index in [-0.39, 0.29) is 5.82 Å². The summed E-state index contributed by atoms with van der Waals surface area (Å²) >= 11 is 0. The SMILES string of the molecule is CC(C)CCNc1nncc(Nc2ccccc2F)n1. The molecule has 106 valence electrons. The van der Waals surface area contributed by atoms with E-state index in [0.29, 0.717) is 23.4 Å². The number of halogens is 1. The van der Waals surface area contributed by atoms with Crippen molar-refractivity contribution in [2.75, 3.05) is 17.2 Å². The molecule has 0 aliphatic rings. The van der Waals surface area contributed by atoms with E-state index in [1.807, 2.05) is 0 Å². The normalized spacial score (nSPS) is 10.6. The average Bonchev–Trinajstić information content (AvgIpc) is 2.41. The molecular weight excluding hydrogens is 257 g/mol. The average molecular weight is 275 g/mol. The maximum absolute atomic E-state index is 13.5. The molecule has 5 nitrogen and oxygen atoms in total. The largest absolute Gasteiger partial charge is 0.353 e. The molecule has 2 aromatic rings. The predicted octanol–water partition coefficient (Wildman–Crippen LogP) is 3.21. The molecule has 0 aliphatic heterocycles. The maximum atomic E-state index is 13.5. The minimum Gasteiger partial charge on any atom is -0.353 e. The molecule has 0 amide bonds. The van der Waals surface area contributed by atoms with E-state index in [9.17, 15) is 4.39 Å². The van der Waals surface area contributed by atoms with Gasteiger partial charge in [-0.05, 0) is 24.5 Å². The van der Waals surface area contributed by atoms with Crippen molar-refractivity contribution >= 4 is 17.5 Å². The third-order valence-corrected chi connectivity index (χ3v) is 2.70. The highest BCUT2D eigenvalue weighted by Crippen LogP contribution is 2.17. The Morgan fingerprint density at radius 2 is 2.05 bits per heavy atom. The van der Waals surface area contributed by atoms with Gasteiger partial charge in [0.1, 0.15) is 5.82 Å². The Balaban J connectivity index is 2.01. The Bertz CT molecular complexity index is 559. The lowest BCUT2D eigenvalue weighted by atomic mass is 10.1. The molecule has 2 rings (SSSR count). The van der Waals surface area contributed by atoms with Crippen molar-refractivity contribution in [2.24, 2.45) is 5.92 Å². The van der Waals surface area contributed by atoms with Crippen molar-refractivity contribution in [1.29, 1.82) is 0 Å². The highest BCUT2D eigenvalue weighted by Gasteiger charge is 2.04. The summed E-state index contributed by atoms with van der Waals surface area (Å²) in [7, 11) is 0. The standard InChI is InChI=1S/C14H18FN5/c1-10(2)7-8-16-14-19-13(9-17-20-14)18-12-6-4-3-5-11(12)15/h3-6,9-10H,7-8H2,1-2H3,(H2,16,18,19,20). The minimum absolute atomic E-state index is 0.333. The van der Waals surface area contributed by atoms with Gasteiger partial charge in [0.15, 0.2) is 5.82 Å². The van der Waals surface area contributed by atoms with Gasteiger partial charge in [-0.25, -0.2) is 4.39 Å². The van der Waals surface area contributed by atoms with Gasteiger partial charge in [-0.2, -0.15) is 10.1 Å². The lowest BCUT2D eigenvalue weighted by molar-refractivity contribution is 0.605. The number of nitrogens with one attached hydrogen (secondary N) is 2. The number of aromatic nitrogens is 3. The van der Waals surface area contributed by atoms with Crippen molar-refractivity contribution in [3.05, 3.63) is 36.3 Å². The fourth-order valence-electron chi connectivity index (χ4n) is 1.61. The Labute approximate surface area is 117 Å². The lowest BCUT2D eigenvalue weighted by Gasteiger charge is -2.09. The zero-order valence-corrected chi connectivity index (χ0v) is 11.6. The van der Waals surface area contributed by atoms with Gasteiger partial charge in [-0.3, -0.25) is 0 Å². The molecule has 0 spiro atoms. The molecule has 0 unspecified atom stereocenters. The number of hydrogen-bond acceptors (Lipinski definition) is 5. The third-order valence-electron chi connectivity index (χ3n) is 2.70. The topological polar surface area (TPSA) is 62.7 Å². The Morgan fingerprint density at radius 3 is 2.80 bits per heavy atom. The van der Waals surface area contributed by atoms with Crippen molar-refractivity contribution in [1.82, 2.24) is 15.2 Å². The Morgan fingerprint density at radius 1 is 1.25 bits per heavy atom. The second-order valence-corrected chi connectivity index (χ2v) is 4.88. The zero-order chi connectivity index (χ0) is 14.4. The highest BCUT2D eigenvalue weighted by atomic mass is 19.1. The molecule has 0 saturated carbocycles. The first-order valence-corrected chi connectivity index (χ1v) is 6.60. The van der Waals surface area contributed by atoms with Crippen molar-refractivity contribution in [2.45, 2.75) is 20.3 Å². The molecule has 0 radical (unpaired) electrons. The fourth-order valence-corrected chi connectivity index (χ4v) is 1.61. The summed E-state index contributed by atoms with van der Waals surface area (Å²) in [6.07, 6.45) is 2.48. The van der Waals surface area contributed by atoms with E-state index < -0.39 is 0 Å². The smallest absolute Gasteiger partial charge is 0.244 e. The first kappa shape index (κ1) is 14.2. The summed E-state index contributed by atoms with van der Waals surface area (Å²) < 4.78 is 13.5. The molecule has 1 heterocycles. The Kier molecular flexibility index (Phi) is 4.81.